The van der Waals surface area contributed by atoms with Gasteiger partial charge in [-0.2, -0.15) is 0 Å². The Labute approximate surface area is 159 Å². The molecule has 27 heavy (non-hydrogen) atoms. The Kier molecular flexibility index (Phi) is 5.35. The van der Waals surface area contributed by atoms with Crippen LogP contribution in [0.1, 0.15) is 42.3 Å². The average molecular weight is 370 g/mol. The Morgan fingerprint density at radius 1 is 1.22 bits per heavy atom. The summed E-state index contributed by atoms with van der Waals surface area (Å²) in [4.78, 5) is 26.7. The number of hydrogen-bond donors (Lipinski definition) is 1. The van der Waals surface area contributed by atoms with E-state index in [0.29, 0.717) is 32.4 Å². The monoisotopic (exact) mass is 370 g/mol. The first-order valence-corrected chi connectivity index (χ1v) is 9.34. The van der Waals surface area contributed by atoms with Crippen LogP contribution in [0.25, 0.3) is 0 Å². The van der Waals surface area contributed by atoms with E-state index in [1.807, 2.05) is 51.1 Å². The molecule has 1 aliphatic rings. The van der Waals surface area contributed by atoms with Crippen LogP contribution in [0.3, 0.4) is 0 Å². The van der Waals surface area contributed by atoms with Gasteiger partial charge in [0.1, 0.15) is 5.76 Å². The molecule has 6 nitrogen and oxygen atoms in total. The fourth-order valence-electron chi connectivity index (χ4n) is 3.99. The lowest BCUT2D eigenvalue weighted by molar-refractivity contribution is -0.149. The van der Waals surface area contributed by atoms with Crippen LogP contribution in [0.2, 0.25) is 0 Å². The highest BCUT2D eigenvalue weighted by atomic mass is 16.5. The predicted molar refractivity (Wildman–Crippen MR) is 100 cm³/mol. The van der Waals surface area contributed by atoms with E-state index in [-0.39, 0.29) is 11.8 Å². The normalized spacial score (nSPS) is 17.5. The van der Waals surface area contributed by atoms with E-state index in [0.717, 1.165) is 22.6 Å². The summed E-state index contributed by atoms with van der Waals surface area (Å²) >= 11 is 0. The molecule has 0 spiro atoms. The molecular weight excluding hydrogens is 344 g/mol. The highest BCUT2D eigenvalue weighted by molar-refractivity contribution is 5.83. The van der Waals surface area contributed by atoms with Crippen molar-refractivity contribution in [3.8, 4) is 0 Å². The Hall–Kier alpha value is -2.63. The number of rotatable bonds is 5. The fourth-order valence-corrected chi connectivity index (χ4v) is 3.99. The van der Waals surface area contributed by atoms with Crippen molar-refractivity contribution in [2.24, 2.45) is 5.92 Å². The summed E-state index contributed by atoms with van der Waals surface area (Å²) < 4.78 is 5.18. The zero-order valence-corrected chi connectivity index (χ0v) is 16.1. The molecule has 144 valence electrons. The third kappa shape index (κ3) is 3.61. The zero-order chi connectivity index (χ0) is 19.6. The van der Waals surface area contributed by atoms with Crippen LogP contribution in [0.5, 0.6) is 0 Å². The number of aryl methyl sites for hydroxylation is 2. The first-order valence-electron chi connectivity index (χ1n) is 9.34. The minimum absolute atomic E-state index is 0.0575. The van der Waals surface area contributed by atoms with Gasteiger partial charge in [-0.25, -0.2) is 0 Å². The van der Waals surface area contributed by atoms with Crippen LogP contribution in [-0.4, -0.2) is 40.1 Å². The topological polar surface area (TPSA) is 83.6 Å². The zero-order valence-electron chi connectivity index (χ0n) is 16.1. The third-order valence-corrected chi connectivity index (χ3v) is 5.78. The Morgan fingerprint density at radius 3 is 2.37 bits per heavy atom. The number of nitrogens with zero attached hydrogens (tertiary/aromatic N) is 2. The van der Waals surface area contributed by atoms with E-state index in [1.54, 1.807) is 4.90 Å². The van der Waals surface area contributed by atoms with Crippen molar-refractivity contribution in [2.75, 3.05) is 13.1 Å². The number of carbonyl (C=O) groups excluding carboxylic acids is 1. The lowest BCUT2D eigenvalue weighted by atomic mass is 9.72. The molecule has 1 aromatic carbocycles. The maximum Gasteiger partial charge on any atom is 0.314 e. The number of aromatic nitrogens is 1. The van der Waals surface area contributed by atoms with Gasteiger partial charge in [-0.05, 0) is 38.7 Å². The predicted octanol–water partition coefficient (Wildman–Crippen LogP) is 3.12. The molecule has 2 heterocycles. The third-order valence-electron chi connectivity index (χ3n) is 5.78. The molecular formula is C21H26N2O4. The SMILES string of the molecule is Cc1noc(C)c1C[C@@H](C)C(=O)N1CCC(C(=O)O)(c2ccccc2)CC1. The largest absolute Gasteiger partial charge is 0.481 e. The summed E-state index contributed by atoms with van der Waals surface area (Å²) in [5.41, 5.74) is 1.70. The van der Waals surface area contributed by atoms with Crippen molar-refractivity contribution in [3.05, 3.63) is 52.9 Å². The number of piperidine rings is 1. The lowest BCUT2D eigenvalue weighted by Crippen LogP contribution is -2.50. The van der Waals surface area contributed by atoms with Crippen LogP contribution in [0, 0.1) is 19.8 Å². The van der Waals surface area contributed by atoms with Gasteiger partial charge in [0, 0.05) is 24.6 Å². The summed E-state index contributed by atoms with van der Waals surface area (Å²) in [6.45, 7) is 6.54. The summed E-state index contributed by atoms with van der Waals surface area (Å²) in [7, 11) is 0. The van der Waals surface area contributed by atoms with E-state index in [2.05, 4.69) is 5.16 Å². The van der Waals surface area contributed by atoms with Gasteiger partial charge in [-0.15, -0.1) is 0 Å². The van der Waals surface area contributed by atoms with Gasteiger partial charge >= 0.3 is 5.97 Å². The number of aliphatic carboxylic acids is 1. The smallest absolute Gasteiger partial charge is 0.314 e. The molecule has 1 aromatic heterocycles. The molecule has 0 unspecified atom stereocenters. The van der Waals surface area contributed by atoms with Crippen LogP contribution in [0.15, 0.2) is 34.9 Å². The Balaban J connectivity index is 1.69. The highest BCUT2D eigenvalue weighted by Crippen LogP contribution is 2.36. The number of carbonyl (C=O) groups is 2. The van der Waals surface area contributed by atoms with Crippen molar-refractivity contribution in [1.29, 1.82) is 0 Å². The van der Waals surface area contributed by atoms with Gasteiger partial charge in [0.15, 0.2) is 0 Å². The first kappa shape index (κ1) is 19.1. The summed E-state index contributed by atoms with van der Waals surface area (Å²) in [5, 5.41) is 13.8. The lowest BCUT2D eigenvalue weighted by Gasteiger charge is -2.40. The molecule has 0 saturated carbocycles. The second-order valence-corrected chi connectivity index (χ2v) is 7.49. The number of likely N-dealkylation sites (tertiary alicyclic amines) is 1. The van der Waals surface area contributed by atoms with Gasteiger partial charge in [-0.3, -0.25) is 9.59 Å². The summed E-state index contributed by atoms with van der Waals surface area (Å²) in [6.07, 6.45) is 1.44. The number of amides is 1. The van der Waals surface area contributed by atoms with E-state index in [4.69, 9.17) is 4.52 Å². The minimum atomic E-state index is -0.914. The number of hydrogen-bond acceptors (Lipinski definition) is 4. The van der Waals surface area contributed by atoms with Gasteiger partial charge in [0.2, 0.25) is 5.91 Å². The number of carboxylic acid groups (broad SMARTS) is 1. The van der Waals surface area contributed by atoms with Gasteiger partial charge in [-0.1, -0.05) is 42.4 Å². The maximum absolute atomic E-state index is 12.9. The molecule has 2 aromatic rings. The molecule has 3 rings (SSSR count). The molecule has 0 radical (unpaired) electrons. The van der Waals surface area contributed by atoms with Crippen molar-refractivity contribution >= 4 is 11.9 Å². The molecule has 1 fully saturated rings. The van der Waals surface area contributed by atoms with E-state index in [1.165, 1.54) is 0 Å². The summed E-state index contributed by atoms with van der Waals surface area (Å²) in [6, 6.07) is 9.35. The van der Waals surface area contributed by atoms with Crippen LogP contribution >= 0.6 is 0 Å². The van der Waals surface area contributed by atoms with Crippen molar-refractivity contribution in [2.45, 2.75) is 45.4 Å². The Bertz CT molecular complexity index is 800. The molecule has 6 heteroatoms. The standard InChI is InChI=1S/C21H26N2O4/c1-14(13-18-15(2)22-27-16(18)3)19(24)23-11-9-21(10-12-23,20(25)26)17-7-5-4-6-8-17/h4-8,14H,9-13H2,1-3H3,(H,25,26)/t14-/m1/s1. The van der Waals surface area contributed by atoms with Crippen LogP contribution < -0.4 is 0 Å². The molecule has 1 N–H and O–H groups in total. The minimum Gasteiger partial charge on any atom is -0.481 e. The second-order valence-electron chi connectivity index (χ2n) is 7.49. The second kappa shape index (κ2) is 7.55. The highest BCUT2D eigenvalue weighted by Gasteiger charge is 2.44. The van der Waals surface area contributed by atoms with Gasteiger partial charge < -0.3 is 14.5 Å². The molecule has 1 atom stereocenters. The van der Waals surface area contributed by atoms with Gasteiger partial charge in [0.25, 0.3) is 0 Å². The fraction of sp³-hybridized carbons (Fsp3) is 0.476. The molecule has 1 saturated heterocycles. The van der Waals surface area contributed by atoms with Crippen molar-refractivity contribution in [1.82, 2.24) is 10.1 Å². The first-order chi connectivity index (χ1) is 12.8. The van der Waals surface area contributed by atoms with Crippen LogP contribution in [0.4, 0.5) is 0 Å². The van der Waals surface area contributed by atoms with Crippen LogP contribution in [-0.2, 0) is 21.4 Å². The van der Waals surface area contributed by atoms with E-state index in [9.17, 15) is 14.7 Å². The van der Waals surface area contributed by atoms with Crippen molar-refractivity contribution in [3.63, 3.8) is 0 Å². The van der Waals surface area contributed by atoms with E-state index < -0.39 is 11.4 Å². The van der Waals surface area contributed by atoms with Crippen molar-refractivity contribution < 1.29 is 19.2 Å². The quantitative estimate of drug-likeness (QED) is 0.874. The number of carboxylic acids is 1. The average Bonchev–Trinajstić information content (AvgIpc) is 3.00. The Morgan fingerprint density at radius 2 is 1.85 bits per heavy atom. The molecule has 0 bridgehead atoms. The van der Waals surface area contributed by atoms with E-state index >= 15 is 0 Å². The number of benzene rings is 1. The molecule has 1 aliphatic heterocycles. The molecule has 1 amide bonds. The maximum atomic E-state index is 12.9. The van der Waals surface area contributed by atoms with Gasteiger partial charge in [0.05, 0.1) is 11.1 Å². The summed E-state index contributed by atoms with van der Waals surface area (Å²) in [5.74, 6) is -0.206. The molecule has 0 aliphatic carbocycles.